The van der Waals surface area contributed by atoms with E-state index in [4.69, 9.17) is 26.2 Å². The highest BCUT2D eigenvalue weighted by Gasteiger charge is 2.20. The summed E-state index contributed by atoms with van der Waals surface area (Å²) in [6.45, 7) is 0. The zero-order valence-electron chi connectivity index (χ0n) is 33.3. The van der Waals surface area contributed by atoms with Gasteiger partial charge >= 0.3 is 0 Å². The van der Waals surface area contributed by atoms with Gasteiger partial charge in [0.15, 0.2) is 17.5 Å². The largest absolute Gasteiger partial charge is 0.455 e. The molecule has 10 aromatic rings. The maximum absolute atomic E-state index is 8.87. The molecule has 0 atom stereocenters. The van der Waals surface area contributed by atoms with Crippen molar-refractivity contribution in [3.05, 3.63) is 188 Å². The first-order valence-corrected chi connectivity index (χ1v) is 17.4. The number of hydrogen-bond acceptors (Lipinski definition) is 4. The van der Waals surface area contributed by atoms with Crippen LogP contribution in [-0.2, 0) is 0 Å². The number of furan rings is 1. The van der Waals surface area contributed by atoms with Crippen LogP contribution in [0, 0.1) is 0 Å². The normalized spacial score (nSPS) is 12.7. The van der Waals surface area contributed by atoms with Crippen LogP contribution >= 0.6 is 0 Å². The summed E-state index contributed by atoms with van der Waals surface area (Å²) in [7, 11) is 0. The van der Waals surface area contributed by atoms with Gasteiger partial charge in [0.2, 0.25) is 0 Å². The Balaban J connectivity index is 1.20. The molecule has 0 N–H and O–H groups in total. The first-order chi connectivity index (χ1) is 28.4. The Labute approximate surface area is 313 Å². The van der Waals surface area contributed by atoms with Gasteiger partial charge in [-0.15, -0.1) is 0 Å². The maximum atomic E-state index is 8.87. The van der Waals surface area contributed by atoms with Crippen LogP contribution in [0.2, 0.25) is 0 Å². The fraction of sp³-hybridized carbons (Fsp3) is 0. The minimum absolute atomic E-state index is 0.0304. The molecule has 0 amide bonds. The average Bonchev–Trinajstić information content (AvgIpc) is 3.67. The Hall–Kier alpha value is -7.17. The lowest BCUT2D eigenvalue weighted by Crippen LogP contribution is -2.01. The van der Waals surface area contributed by atoms with Gasteiger partial charge in [0.25, 0.3) is 0 Å². The summed E-state index contributed by atoms with van der Waals surface area (Å²) in [6.07, 6.45) is 0. The number of aromatic nitrogens is 3. The first kappa shape index (κ1) is 25.7. The molecule has 0 unspecified atom stereocenters. The van der Waals surface area contributed by atoms with Crippen LogP contribution in [0.15, 0.2) is 192 Å². The van der Waals surface area contributed by atoms with Gasteiger partial charge in [-0.2, -0.15) is 0 Å². The van der Waals surface area contributed by atoms with E-state index in [9.17, 15) is 0 Å². The van der Waals surface area contributed by atoms with Crippen LogP contribution in [0.25, 0.3) is 100 Å². The fourth-order valence-corrected chi connectivity index (χ4v) is 7.19. The van der Waals surface area contributed by atoms with Gasteiger partial charge in [-0.05, 0) is 50.7 Å². The topological polar surface area (TPSA) is 51.8 Å². The second-order valence-electron chi connectivity index (χ2n) is 12.8. The molecular weight excluding hydrogens is 647 g/mol. The SMILES string of the molecule is [2H]c1c([2H])c([2H])c(-c2nc(-c3ccc(-c4ccccc4)c4ccccc34)nc(-c3cccc4oc5c(-c6ccc(-c7ccccc7)cc6)cccc5c34)n2)c([2H])c1[2H]. The quantitative estimate of drug-likeness (QED) is 0.175. The van der Waals surface area contributed by atoms with Crippen LogP contribution in [0.3, 0.4) is 0 Å². The van der Waals surface area contributed by atoms with Gasteiger partial charge in [0.1, 0.15) is 11.2 Å². The number of para-hydroxylation sites is 1. The van der Waals surface area contributed by atoms with Gasteiger partial charge in [0, 0.05) is 33.0 Å². The zero-order valence-corrected chi connectivity index (χ0v) is 28.3. The van der Waals surface area contributed by atoms with E-state index in [2.05, 4.69) is 54.6 Å². The van der Waals surface area contributed by atoms with Gasteiger partial charge < -0.3 is 4.42 Å². The Morgan fingerprint density at radius 1 is 0.358 bits per heavy atom. The molecule has 0 spiro atoms. The number of nitrogens with zero attached hydrogens (tertiary/aromatic N) is 3. The molecule has 0 bridgehead atoms. The molecule has 2 heterocycles. The molecule has 4 nitrogen and oxygen atoms in total. The predicted octanol–water partition coefficient (Wildman–Crippen LogP) is 12.9. The van der Waals surface area contributed by atoms with Crippen molar-refractivity contribution in [3.63, 3.8) is 0 Å². The maximum Gasteiger partial charge on any atom is 0.164 e. The lowest BCUT2D eigenvalue weighted by molar-refractivity contribution is 0.670. The highest BCUT2D eigenvalue weighted by Crippen LogP contribution is 2.41. The van der Waals surface area contributed by atoms with Gasteiger partial charge in [-0.3, -0.25) is 0 Å². The summed E-state index contributed by atoms with van der Waals surface area (Å²) in [6, 6.07) is 50.4. The third kappa shape index (κ3) is 5.45. The lowest BCUT2D eigenvalue weighted by Gasteiger charge is -2.13. The summed E-state index contributed by atoms with van der Waals surface area (Å²) in [5.74, 6) is 0.540. The van der Waals surface area contributed by atoms with E-state index in [1.807, 2.05) is 103 Å². The molecule has 4 heteroatoms. The van der Waals surface area contributed by atoms with Crippen LogP contribution < -0.4 is 0 Å². The second-order valence-corrected chi connectivity index (χ2v) is 12.8. The zero-order chi connectivity index (χ0) is 39.5. The van der Waals surface area contributed by atoms with Crippen LogP contribution in [-0.4, -0.2) is 15.0 Å². The third-order valence-electron chi connectivity index (χ3n) is 9.68. The van der Waals surface area contributed by atoms with Crippen molar-refractivity contribution in [2.45, 2.75) is 0 Å². The monoisotopic (exact) mass is 682 g/mol. The highest BCUT2D eigenvalue weighted by atomic mass is 16.3. The van der Waals surface area contributed by atoms with E-state index in [1.165, 1.54) is 0 Å². The van der Waals surface area contributed by atoms with Gasteiger partial charge in [-0.25, -0.2) is 15.0 Å². The Morgan fingerprint density at radius 3 is 1.64 bits per heavy atom. The third-order valence-corrected chi connectivity index (χ3v) is 9.68. The molecule has 0 saturated heterocycles. The molecule has 0 aliphatic carbocycles. The summed E-state index contributed by atoms with van der Waals surface area (Å²) < 4.78 is 49.6. The van der Waals surface area contributed by atoms with E-state index in [0.717, 1.165) is 54.9 Å². The predicted molar refractivity (Wildman–Crippen MR) is 217 cm³/mol. The van der Waals surface area contributed by atoms with E-state index >= 15 is 0 Å². The molecule has 0 radical (unpaired) electrons. The van der Waals surface area contributed by atoms with Crippen molar-refractivity contribution < 1.29 is 11.3 Å². The Kier molecular flexibility index (Phi) is 6.24. The first-order valence-electron chi connectivity index (χ1n) is 19.9. The van der Waals surface area contributed by atoms with Crippen molar-refractivity contribution in [3.8, 4) is 67.5 Å². The molecule has 8 aromatic carbocycles. The van der Waals surface area contributed by atoms with Crippen molar-refractivity contribution in [1.29, 1.82) is 0 Å². The van der Waals surface area contributed by atoms with E-state index < -0.39 is 30.2 Å². The van der Waals surface area contributed by atoms with Crippen molar-refractivity contribution >= 4 is 32.7 Å². The van der Waals surface area contributed by atoms with Crippen LogP contribution in [0.5, 0.6) is 0 Å². The molecular formula is C49H31N3O. The Morgan fingerprint density at radius 2 is 0.887 bits per heavy atom. The molecule has 10 rings (SSSR count). The fourth-order valence-electron chi connectivity index (χ4n) is 7.19. The van der Waals surface area contributed by atoms with E-state index in [1.54, 1.807) is 0 Å². The summed E-state index contributed by atoms with van der Waals surface area (Å²) in [4.78, 5) is 14.9. The molecule has 248 valence electrons. The second kappa shape index (κ2) is 12.9. The Bertz CT molecular complexity index is 3190. The van der Waals surface area contributed by atoms with Gasteiger partial charge in [0.05, 0.1) is 6.85 Å². The minimum atomic E-state index is -0.490. The molecule has 0 fully saturated rings. The summed E-state index contributed by atoms with van der Waals surface area (Å²) >= 11 is 0. The highest BCUT2D eigenvalue weighted by molar-refractivity contribution is 6.15. The summed E-state index contributed by atoms with van der Waals surface area (Å²) in [5.41, 5.74) is 8.88. The summed E-state index contributed by atoms with van der Waals surface area (Å²) in [5, 5.41) is 3.53. The number of fused-ring (bicyclic) bond motifs is 4. The van der Waals surface area contributed by atoms with Crippen molar-refractivity contribution in [2.75, 3.05) is 0 Å². The van der Waals surface area contributed by atoms with E-state index in [-0.39, 0.29) is 17.2 Å². The molecule has 2 aromatic heterocycles. The standard InChI is InChI=1S/C49H31N3O/c1-4-14-32(15-5-1)33-26-28-35(29-27-33)38-22-12-23-42-45-43(24-13-25-44(45)53-46(38)42)49-51-47(36-18-8-3-9-19-36)50-48(52-49)41-31-30-37(34-16-6-2-7-17-34)39-20-10-11-21-40(39)41/h1-31H/i3D,8D,9D,18D,19D. The van der Waals surface area contributed by atoms with Gasteiger partial charge in [-0.1, -0.05) is 176 Å². The smallest absolute Gasteiger partial charge is 0.164 e. The van der Waals surface area contributed by atoms with Crippen LogP contribution in [0.1, 0.15) is 6.85 Å². The number of benzene rings is 8. The van der Waals surface area contributed by atoms with Crippen molar-refractivity contribution in [1.82, 2.24) is 15.0 Å². The van der Waals surface area contributed by atoms with Crippen LogP contribution in [0.4, 0.5) is 0 Å². The molecule has 0 aliphatic rings. The molecule has 0 aliphatic heterocycles. The average molecular weight is 683 g/mol. The number of rotatable bonds is 6. The van der Waals surface area contributed by atoms with E-state index in [0.29, 0.717) is 28.1 Å². The molecule has 0 saturated carbocycles. The minimum Gasteiger partial charge on any atom is -0.455 e. The van der Waals surface area contributed by atoms with Crippen molar-refractivity contribution in [2.24, 2.45) is 0 Å². The lowest BCUT2D eigenvalue weighted by atomic mass is 9.94. The molecule has 53 heavy (non-hydrogen) atoms. The number of hydrogen-bond donors (Lipinski definition) is 0.